The van der Waals surface area contributed by atoms with Gasteiger partial charge in [0, 0.05) is 38.9 Å². The Bertz CT molecular complexity index is 1820. The predicted molar refractivity (Wildman–Crippen MR) is 138 cm³/mol. The number of aromatic nitrogens is 5. The number of rotatable bonds is 7. The highest BCUT2D eigenvalue weighted by Crippen LogP contribution is 2.36. The van der Waals surface area contributed by atoms with Gasteiger partial charge in [-0.05, 0) is 36.1 Å². The molecule has 0 saturated heterocycles. The van der Waals surface area contributed by atoms with Crippen LogP contribution >= 0.6 is 0 Å². The number of hydrogen-bond donors (Lipinski definition) is 1. The van der Waals surface area contributed by atoms with Crippen LogP contribution in [0.25, 0.3) is 11.2 Å². The van der Waals surface area contributed by atoms with E-state index in [2.05, 4.69) is 15.3 Å². The number of nitrogens with one attached hydrogen (secondary N) is 1. The molecule has 4 aromatic rings. The number of ether oxygens (including phenoxy) is 1. The highest BCUT2D eigenvalue weighted by Gasteiger charge is 2.45. The van der Waals surface area contributed by atoms with Gasteiger partial charge in [0.25, 0.3) is 17.7 Å². The van der Waals surface area contributed by atoms with Crippen LogP contribution in [0, 0.1) is 5.82 Å². The van der Waals surface area contributed by atoms with Crippen LogP contribution < -0.4 is 21.5 Å². The second kappa shape index (κ2) is 10.3. The molecule has 2 aliphatic heterocycles. The zero-order valence-corrected chi connectivity index (χ0v) is 22.0. The fraction of sp³-hybridized carbons (Fsp3) is 0.346. The zero-order valence-electron chi connectivity index (χ0n) is 22.0. The molecule has 42 heavy (non-hydrogen) atoms. The van der Waals surface area contributed by atoms with Gasteiger partial charge in [0.15, 0.2) is 11.2 Å². The van der Waals surface area contributed by atoms with Crippen LogP contribution in [0.4, 0.5) is 23.5 Å². The van der Waals surface area contributed by atoms with Crippen molar-refractivity contribution < 1.29 is 31.5 Å². The molecule has 12 nitrogen and oxygen atoms in total. The van der Waals surface area contributed by atoms with Gasteiger partial charge in [-0.15, -0.1) is 0 Å². The second-order valence-corrected chi connectivity index (χ2v) is 9.81. The minimum atomic E-state index is -5.37. The highest BCUT2D eigenvalue weighted by atomic mass is 19.4. The third kappa shape index (κ3) is 4.66. The summed E-state index contributed by atoms with van der Waals surface area (Å²) in [6, 6.07) is 5.51. The first kappa shape index (κ1) is 27.4. The van der Waals surface area contributed by atoms with Crippen LogP contribution in [0.3, 0.4) is 0 Å². The molecule has 2 aliphatic rings. The number of imidazole rings is 1. The molecular weight excluding hydrogens is 566 g/mol. The summed E-state index contributed by atoms with van der Waals surface area (Å²) in [5, 5.41) is 3.20. The fourth-order valence-corrected chi connectivity index (χ4v) is 5.25. The Balaban J connectivity index is 1.57. The summed E-state index contributed by atoms with van der Waals surface area (Å²) in [6.45, 7) is 1.29. The molecule has 0 saturated carbocycles. The summed E-state index contributed by atoms with van der Waals surface area (Å²) in [5.41, 5.74) is 0.450. The Morgan fingerprint density at radius 2 is 1.95 bits per heavy atom. The third-order valence-corrected chi connectivity index (χ3v) is 7.29. The van der Waals surface area contributed by atoms with Gasteiger partial charge in [-0.2, -0.15) is 18.2 Å². The first-order valence-corrected chi connectivity index (χ1v) is 12.9. The van der Waals surface area contributed by atoms with Gasteiger partial charge in [-0.25, -0.2) is 19.0 Å². The van der Waals surface area contributed by atoms with E-state index in [-0.39, 0.29) is 30.1 Å². The average Bonchev–Trinajstić information content (AvgIpc) is 3.75. The Hall–Kier alpha value is -4.73. The van der Waals surface area contributed by atoms with E-state index in [0.717, 1.165) is 37.4 Å². The van der Waals surface area contributed by atoms with Crippen molar-refractivity contribution in [3.8, 4) is 0 Å². The van der Waals surface area contributed by atoms with Crippen LogP contribution in [0.1, 0.15) is 24.1 Å². The number of oxazole rings is 1. The maximum absolute atomic E-state index is 14.0. The largest absolute Gasteiger partial charge is 0.491 e. The number of esters is 1. The van der Waals surface area contributed by atoms with E-state index in [0.29, 0.717) is 31.6 Å². The molecule has 5 heterocycles. The number of anilines is 1. The molecule has 6 rings (SSSR count). The predicted octanol–water partition coefficient (Wildman–Crippen LogP) is 1.99. The zero-order chi connectivity index (χ0) is 29.8. The molecule has 1 aromatic carbocycles. The maximum Gasteiger partial charge on any atom is 0.491 e. The van der Waals surface area contributed by atoms with Crippen molar-refractivity contribution in [3.63, 3.8) is 0 Å². The Kier molecular flexibility index (Phi) is 6.71. The number of fused-ring (bicyclic) bond motifs is 1. The van der Waals surface area contributed by atoms with Crippen LogP contribution in [0.5, 0.6) is 0 Å². The molecule has 220 valence electrons. The summed E-state index contributed by atoms with van der Waals surface area (Å²) in [7, 11) is 1.37. The van der Waals surface area contributed by atoms with Gasteiger partial charge in [0.1, 0.15) is 12.1 Å². The summed E-state index contributed by atoms with van der Waals surface area (Å²) >= 11 is 0. The lowest BCUT2D eigenvalue weighted by Gasteiger charge is -2.25. The molecule has 1 atom stereocenters. The number of benzene rings is 1. The van der Waals surface area contributed by atoms with Gasteiger partial charge < -0.3 is 19.4 Å². The normalized spacial score (nSPS) is 16.0. The smallest absolute Gasteiger partial charge is 0.444 e. The Morgan fingerprint density at radius 1 is 1.19 bits per heavy atom. The lowest BCUT2D eigenvalue weighted by Crippen LogP contribution is -2.40. The number of carbonyl (C=O) groups is 1. The summed E-state index contributed by atoms with van der Waals surface area (Å²) in [4.78, 5) is 49.6. The molecule has 16 heteroatoms. The van der Waals surface area contributed by atoms with E-state index in [1.165, 1.54) is 31.3 Å². The highest BCUT2D eigenvalue weighted by molar-refractivity contribution is 5.78. The molecule has 0 spiro atoms. The van der Waals surface area contributed by atoms with Crippen LogP contribution in [-0.2, 0) is 29.5 Å². The SMILES string of the molecule is Cn1c(=O)n(CCc2ccc(F)cc2)c(=O)c2c1nc(N1CCC3=C1CNC3)n2C(OC(=O)C(F)(F)F)c1ncco1. The monoisotopic (exact) mass is 589 g/mol. The van der Waals surface area contributed by atoms with Gasteiger partial charge in [0.2, 0.25) is 5.95 Å². The first-order chi connectivity index (χ1) is 20.0. The molecular formula is C26H23F4N7O5. The Labute approximate surface area is 233 Å². The van der Waals surface area contributed by atoms with Gasteiger partial charge in [-0.3, -0.25) is 18.5 Å². The quantitative estimate of drug-likeness (QED) is 0.254. The van der Waals surface area contributed by atoms with Crippen molar-refractivity contribution >= 4 is 23.1 Å². The summed E-state index contributed by atoms with van der Waals surface area (Å²) < 4.78 is 66.8. The molecule has 0 fully saturated rings. The van der Waals surface area contributed by atoms with Crippen molar-refractivity contribution in [2.24, 2.45) is 7.05 Å². The van der Waals surface area contributed by atoms with E-state index >= 15 is 0 Å². The number of aryl methyl sites for hydroxylation is 2. The molecule has 1 unspecified atom stereocenters. The van der Waals surface area contributed by atoms with E-state index in [4.69, 9.17) is 9.15 Å². The van der Waals surface area contributed by atoms with Gasteiger partial charge in [0.05, 0.1) is 6.20 Å². The minimum absolute atomic E-state index is 0.0275. The molecule has 0 aliphatic carbocycles. The van der Waals surface area contributed by atoms with Crippen LogP contribution in [0.2, 0.25) is 0 Å². The lowest BCUT2D eigenvalue weighted by atomic mass is 10.1. The fourth-order valence-electron chi connectivity index (χ4n) is 5.25. The topological polar surface area (TPSA) is 129 Å². The average molecular weight is 590 g/mol. The van der Waals surface area contributed by atoms with Crippen molar-refractivity contribution in [2.45, 2.75) is 31.8 Å². The minimum Gasteiger partial charge on any atom is -0.444 e. The molecule has 0 radical (unpaired) electrons. The summed E-state index contributed by atoms with van der Waals surface area (Å²) in [6.07, 6.45) is -4.35. The number of alkyl halides is 3. The van der Waals surface area contributed by atoms with E-state index in [9.17, 15) is 31.9 Å². The van der Waals surface area contributed by atoms with Crippen LogP contribution in [0.15, 0.2) is 62.0 Å². The van der Waals surface area contributed by atoms with Crippen molar-refractivity contribution in [1.82, 2.24) is 29.0 Å². The van der Waals surface area contributed by atoms with Gasteiger partial charge in [-0.1, -0.05) is 12.1 Å². The van der Waals surface area contributed by atoms with Crippen molar-refractivity contribution in [1.29, 1.82) is 0 Å². The van der Waals surface area contributed by atoms with Crippen molar-refractivity contribution in [2.75, 3.05) is 24.5 Å². The summed E-state index contributed by atoms with van der Waals surface area (Å²) in [5.74, 6) is -3.46. The molecule has 0 amide bonds. The lowest BCUT2D eigenvalue weighted by molar-refractivity contribution is -0.207. The number of hydrogen-bond acceptors (Lipinski definition) is 9. The standard InChI is InChI=1S/C26H23F4N7O5/c1-34-19-18(21(38)36(25(34)40)9-6-14-2-4-16(27)5-3-14)37(24(33-19)35-10-7-15-12-31-13-17(15)35)22(20-32-8-11-41-20)42-23(39)26(28,29)30/h2-5,8,11,22,31H,6-7,9-10,12-13H2,1H3. The first-order valence-electron chi connectivity index (χ1n) is 12.9. The Morgan fingerprint density at radius 3 is 2.64 bits per heavy atom. The third-order valence-electron chi connectivity index (χ3n) is 7.29. The van der Waals surface area contributed by atoms with E-state index in [1.807, 2.05) is 0 Å². The number of carbonyl (C=O) groups excluding carboxylic acids is 1. The van der Waals surface area contributed by atoms with Crippen LogP contribution in [-0.4, -0.2) is 55.4 Å². The van der Waals surface area contributed by atoms with Gasteiger partial charge >= 0.3 is 17.8 Å². The van der Waals surface area contributed by atoms with E-state index in [1.54, 1.807) is 4.90 Å². The number of nitrogens with zero attached hydrogens (tertiary/aromatic N) is 6. The number of halogens is 4. The maximum atomic E-state index is 14.0. The molecule has 3 aromatic heterocycles. The molecule has 0 bridgehead atoms. The van der Waals surface area contributed by atoms with Crippen molar-refractivity contribution in [3.05, 3.63) is 86.1 Å². The van der Waals surface area contributed by atoms with E-state index < -0.39 is 41.3 Å². The second-order valence-electron chi connectivity index (χ2n) is 9.81. The molecule has 1 N–H and O–H groups in total.